The summed E-state index contributed by atoms with van der Waals surface area (Å²) in [6.07, 6.45) is 0.729. The van der Waals surface area contributed by atoms with Crippen molar-refractivity contribution in [2.75, 3.05) is 32.7 Å². The highest BCUT2D eigenvalue weighted by molar-refractivity contribution is 6.00. The standard InChI is InChI=1S/C12H18N4O4/c1-2-8(16-6-11(19)14-12(20)7-16)3-15-4-9(17)13-10(18)5-15/h8H,2-7H2,1H3,(H,13,17,18)(H,14,19,20)/t8-/m0/s1. The highest BCUT2D eigenvalue weighted by Gasteiger charge is 2.31. The van der Waals surface area contributed by atoms with E-state index in [2.05, 4.69) is 10.6 Å². The van der Waals surface area contributed by atoms with Crippen LogP contribution in [0.25, 0.3) is 0 Å². The molecule has 2 fully saturated rings. The summed E-state index contributed by atoms with van der Waals surface area (Å²) in [6.45, 7) is 3.09. The van der Waals surface area contributed by atoms with E-state index in [1.54, 1.807) is 9.80 Å². The molecule has 2 rings (SSSR count). The molecule has 0 spiro atoms. The van der Waals surface area contributed by atoms with Crippen LogP contribution in [-0.4, -0.2) is 72.2 Å². The summed E-state index contributed by atoms with van der Waals surface area (Å²) in [7, 11) is 0. The Balaban J connectivity index is 1.97. The second kappa shape index (κ2) is 6.10. The van der Waals surface area contributed by atoms with Crippen molar-refractivity contribution in [1.29, 1.82) is 0 Å². The van der Waals surface area contributed by atoms with E-state index in [0.717, 1.165) is 6.42 Å². The summed E-state index contributed by atoms with van der Waals surface area (Å²) in [6, 6.07) is -0.0382. The Bertz CT molecular complexity index is 419. The van der Waals surface area contributed by atoms with E-state index in [-0.39, 0.29) is 55.8 Å². The van der Waals surface area contributed by atoms with Crippen LogP contribution in [0.1, 0.15) is 13.3 Å². The number of carbonyl (C=O) groups is 4. The Morgan fingerprint density at radius 1 is 0.900 bits per heavy atom. The fourth-order valence-electron chi connectivity index (χ4n) is 2.54. The summed E-state index contributed by atoms with van der Waals surface area (Å²) in [5.74, 6) is -1.26. The number of amides is 4. The second-order valence-electron chi connectivity index (χ2n) is 5.08. The van der Waals surface area contributed by atoms with Gasteiger partial charge in [-0.1, -0.05) is 6.92 Å². The molecule has 2 aliphatic heterocycles. The van der Waals surface area contributed by atoms with E-state index in [4.69, 9.17) is 0 Å². The minimum atomic E-state index is -0.316. The lowest BCUT2D eigenvalue weighted by Gasteiger charge is -2.36. The molecule has 0 aromatic heterocycles. The molecule has 0 unspecified atom stereocenters. The third-order valence-corrected chi connectivity index (χ3v) is 3.44. The third-order valence-electron chi connectivity index (χ3n) is 3.44. The average Bonchev–Trinajstić information content (AvgIpc) is 2.33. The van der Waals surface area contributed by atoms with Gasteiger partial charge < -0.3 is 0 Å². The molecule has 20 heavy (non-hydrogen) atoms. The van der Waals surface area contributed by atoms with Crippen LogP contribution in [-0.2, 0) is 19.2 Å². The van der Waals surface area contributed by atoms with Gasteiger partial charge in [-0.25, -0.2) is 0 Å². The van der Waals surface area contributed by atoms with Crippen molar-refractivity contribution in [1.82, 2.24) is 20.4 Å². The molecule has 0 aromatic rings. The Kier molecular flexibility index (Phi) is 4.46. The summed E-state index contributed by atoms with van der Waals surface area (Å²) in [5, 5.41) is 4.50. The molecule has 2 saturated heterocycles. The lowest BCUT2D eigenvalue weighted by molar-refractivity contribution is -0.140. The minimum Gasteiger partial charge on any atom is -0.294 e. The molecule has 4 amide bonds. The molecule has 0 bridgehead atoms. The molecule has 2 N–H and O–H groups in total. The summed E-state index contributed by atoms with van der Waals surface area (Å²) in [5.41, 5.74) is 0. The molecule has 2 heterocycles. The molecule has 8 heteroatoms. The van der Waals surface area contributed by atoms with Crippen LogP contribution >= 0.6 is 0 Å². The van der Waals surface area contributed by atoms with E-state index in [0.29, 0.717) is 6.54 Å². The van der Waals surface area contributed by atoms with Gasteiger partial charge in [-0.3, -0.25) is 39.6 Å². The molecular formula is C12H18N4O4. The SMILES string of the molecule is CC[C@@H](CN1CC(=O)NC(=O)C1)N1CC(=O)NC(=O)C1. The number of nitrogens with one attached hydrogen (secondary N) is 2. The van der Waals surface area contributed by atoms with Crippen molar-refractivity contribution in [2.24, 2.45) is 0 Å². The van der Waals surface area contributed by atoms with Gasteiger partial charge in [0.25, 0.3) is 0 Å². The maximum Gasteiger partial charge on any atom is 0.240 e. The largest absolute Gasteiger partial charge is 0.294 e. The van der Waals surface area contributed by atoms with Crippen LogP contribution in [0.4, 0.5) is 0 Å². The lowest BCUT2D eigenvalue weighted by atomic mass is 10.1. The maximum absolute atomic E-state index is 11.4. The number of hydrogen-bond donors (Lipinski definition) is 2. The van der Waals surface area contributed by atoms with Crippen molar-refractivity contribution in [3.63, 3.8) is 0 Å². The molecule has 8 nitrogen and oxygen atoms in total. The molecule has 0 aromatic carbocycles. The fourth-order valence-corrected chi connectivity index (χ4v) is 2.54. The van der Waals surface area contributed by atoms with Gasteiger partial charge in [0.05, 0.1) is 26.2 Å². The Morgan fingerprint density at radius 2 is 1.35 bits per heavy atom. The predicted octanol–water partition coefficient (Wildman–Crippen LogP) is -2.32. The molecule has 110 valence electrons. The summed E-state index contributed by atoms with van der Waals surface area (Å²) >= 11 is 0. The Morgan fingerprint density at radius 3 is 1.80 bits per heavy atom. The van der Waals surface area contributed by atoms with E-state index in [9.17, 15) is 19.2 Å². The molecule has 1 atom stereocenters. The van der Waals surface area contributed by atoms with Gasteiger partial charge in [0.15, 0.2) is 0 Å². The van der Waals surface area contributed by atoms with Gasteiger partial charge in [0.2, 0.25) is 23.6 Å². The topological polar surface area (TPSA) is 98.8 Å². The van der Waals surface area contributed by atoms with Gasteiger partial charge in [-0.15, -0.1) is 0 Å². The van der Waals surface area contributed by atoms with Crippen LogP contribution in [0.3, 0.4) is 0 Å². The zero-order valence-corrected chi connectivity index (χ0v) is 11.3. The van der Waals surface area contributed by atoms with Crippen molar-refractivity contribution >= 4 is 23.6 Å². The van der Waals surface area contributed by atoms with E-state index >= 15 is 0 Å². The average molecular weight is 282 g/mol. The maximum atomic E-state index is 11.4. The zero-order valence-electron chi connectivity index (χ0n) is 11.3. The monoisotopic (exact) mass is 282 g/mol. The van der Waals surface area contributed by atoms with Crippen molar-refractivity contribution in [2.45, 2.75) is 19.4 Å². The van der Waals surface area contributed by atoms with Crippen LogP contribution < -0.4 is 10.6 Å². The first-order valence-electron chi connectivity index (χ1n) is 6.59. The van der Waals surface area contributed by atoms with Crippen LogP contribution in [0.5, 0.6) is 0 Å². The molecule has 2 aliphatic rings. The third kappa shape index (κ3) is 3.61. The number of carbonyl (C=O) groups excluding carboxylic acids is 4. The van der Waals surface area contributed by atoms with Crippen LogP contribution in [0.2, 0.25) is 0 Å². The van der Waals surface area contributed by atoms with Crippen LogP contribution in [0.15, 0.2) is 0 Å². The van der Waals surface area contributed by atoms with Crippen LogP contribution in [0, 0.1) is 0 Å². The first-order valence-corrected chi connectivity index (χ1v) is 6.59. The number of rotatable bonds is 4. The highest BCUT2D eigenvalue weighted by Crippen LogP contribution is 2.10. The Hall–Kier alpha value is -1.80. The summed E-state index contributed by atoms with van der Waals surface area (Å²) < 4.78 is 0. The van der Waals surface area contributed by atoms with Gasteiger partial charge in [-0.2, -0.15) is 0 Å². The van der Waals surface area contributed by atoms with E-state index < -0.39 is 0 Å². The molecule has 0 saturated carbocycles. The number of piperazine rings is 2. The predicted molar refractivity (Wildman–Crippen MR) is 68.4 cm³/mol. The number of imide groups is 2. The van der Waals surface area contributed by atoms with Gasteiger partial charge in [-0.05, 0) is 6.42 Å². The lowest BCUT2D eigenvalue weighted by Crippen LogP contribution is -2.59. The summed E-state index contributed by atoms with van der Waals surface area (Å²) in [4.78, 5) is 49.0. The first-order chi connectivity index (χ1) is 9.47. The van der Waals surface area contributed by atoms with Gasteiger partial charge in [0.1, 0.15) is 0 Å². The van der Waals surface area contributed by atoms with Crippen molar-refractivity contribution < 1.29 is 19.2 Å². The molecule has 0 radical (unpaired) electrons. The normalized spacial score (nSPS) is 23.4. The van der Waals surface area contributed by atoms with E-state index in [1.165, 1.54) is 0 Å². The van der Waals surface area contributed by atoms with Gasteiger partial charge >= 0.3 is 0 Å². The number of hydrogen-bond acceptors (Lipinski definition) is 6. The second-order valence-corrected chi connectivity index (χ2v) is 5.08. The minimum absolute atomic E-state index is 0.0382. The van der Waals surface area contributed by atoms with Crippen molar-refractivity contribution in [3.05, 3.63) is 0 Å². The smallest absolute Gasteiger partial charge is 0.240 e. The first kappa shape index (κ1) is 14.6. The van der Waals surface area contributed by atoms with Crippen molar-refractivity contribution in [3.8, 4) is 0 Å². The fraction of sp³-hybridized carbons (Fsp3) is 0.667. The molecule has 0 aliphatic carbocycles. The van der Waals surface area contributed by atoms with Gasteiger partial charge in [0, 0.05) is 12.6 Å². The highest BCUT2D eigenvalue weighted by atomic mass is 16.2. The number of nitrogens with zero attached hydrogens (tertiary/aromatic N) is 2. The Labute approximate surface area is 116 Å². The zero-order chi connectivity index (χ0) is 14.7. The van der Waals surface area contributed by atoms with E-state index in [1.807, 2.05) is 6.92 Å². The molecular weight excluding hydrogens is 264 g/mol. The quantitative estimate of drug-likeness (QED) is 0.562.